The van der Waals surface area contributed by atoms with Crippen molar-refractivity contribution in [3.05, 3.63) is 53.6 Å². The summed E-state index contributed by atoms with van der Waals surface area (Å²) in [5, 5.41) is 2.82. The molecule has 0 saturated heterocycles. The largest absolute Gasteiger partial charge is 0.372 e. The minimum atomic E-state index is -3.47. The highest BCUT2D eigenvalue weighted by Gasteiger charge is 2.17. The Hall–Kier alpha value is -2.34. The van der Waals surface area contributed by atoms with E-state index in [9.17, 15) is 13.2 Å². The van der Waals surface area contributed by atoms with Gasteiger partial charge in [0.25, 0.3) is 0 Å². The van der Waals surface area contributed by atoms with Crippen LogP contribution in [0.25, 0.3) is 0 Å². The van der Waals surface area contributed by atoms with Gasteiger partial charge in [-0.05, 0) is 63.6 Å². The highest BCUT2D eigenvalue weighted by molar-refractivity contribution is 7.91. The number of benzene rings is 2. The van der Waals surface area contributed by atoms with Gasteiger partial charge in [-0.2, -0.15) is 0 Å². The van der Waals surface area contributed by atoms with Crippen LogP contribution in [0.3, 0.4) is 0 Å². The molecular weight excluding hydrogens is 360 g/mol. The molecule has 0 aliphatic carbocycles. The first-order valence-electron chi connectivity index (χ1n) is 9.21. The van der Waals surface area contributed by atoms with Crippen LogP contribution in [-0.4, -0.2) is 33.2 Å². The number of aryl methyl sites for hydroxylation is 2. The second-order valence-corrected chi connectivity index (χ2v) is 8.71. The third-order valence-electron chi connectivity index (χ3n) is 4.59. The molecule has 27 heavy (non-hydrogen) atoms. The summed E-state index contributed by atoms with van der Waals surface area (Å²) in [6.07, 6.45) is -0.0759. The molecule has 146 valence electrons. The summed E-state index contributed by atoms with van der Waals surface area (Å²) in [7, 11) is -3.47. The van der Waals surface area contributed by atoms with Gasteiger partial charge in [-0.3, -0.25) is 4.79 Å². The van der Waals surface area contributed by atoms with E-state index in [0.717, 1.165) is 29.9 Å². The Balaban J connectivity index is 2.00. The fraction of sp³-hybridized carbons (Fsp3) is 0.381. The van der Waals surface area contributed by atoms with E-state index in [1.54, 1.807) is 24.3 Å². The highest BCUT2D eigenvalue weighted by atomic mass is 32.2. The molecule has 0 aromatic heterocycles. The molecule has 0 radical (unpaired) electrons. The third-order valence-corrected chi connectivity index (χ3v) is 6.32. The van der Waals surface area contributed by atoms with Crippen molar-refractivity contribution in [2.24, 2.45) is 0 Å². The summed E-state index contributed by atoms with van der Waals surface area (Å²) >= 11 is 0. The van der Waals surface area contributed by atoms with Gasteiger partial charge in [0.1, 0.15) is 0 Å². The van der Waals surface area contributed by atoms with Gasteiger partial charge in [0, 0.05) is 30.9 Å². The van der Waals surface area contributed by atoms with Crippen molar-refractivity contribution < 1.29 is 13.2 Å². The van der Waals surface area contributed by atoms with Gasteiger partial charge >= 0.3 is 0 Å². The molecule has 0 fully saturated rings. The first-order chi connectivity index (χ1) is 12.8. The lowest BCUT2D eigenvalue weighted by atomic mass is 10.1. The van der Waals surface area contributed by atoms with E-state index in [1.807, 2.05) is 32.0 Å². The fourth-order valence-corrected chi connectivity index (χ4v) is 4.12. The zero-order valence-electron chi connectivity index (χ0n) is 16.5. The third kappa shape index (κ3) is 5.57. The smallest absolute Gasteiger partial charge is 0.225 e. The Morgan fingerprint density at radius 1 is 1.00 bits per heavy atom. The Morgan fingerprint density at radius 2 is 1.63 bits per heavy atom. The van der Waals surface area contributed by atoms with Gasteiger partial charge in [0.05, 0.1) is 10.6 Å². The topological polar surface area (TPSA) is 66.5 Å². The SMILES string of the molecule is CCN(CC)c1ccc(NC(=O)CCS(=O)(=O)c2ccc(C)cc2)c(C)c1. The molecule has 2 aromatic rings. The van der Waals surface area contributed by atoms with Crippen molar-refractivity contribution in [1.29, 1.82) is 0 Å². The van der Waals surface area contributed by atoms with Crippen molar-refractivity contribution >= 4 is 27.1 Å². The molecule has 5 nitrogen and oxygen atoms in total. The summed E-state index contributed by atoms with van der Waals surface area (Å²) in [5.74, 6) is -0.511. The van der Waals surface area contributed by atoms with Gasteiger partial charge in [0.15, 0.2) is 9.84 Å². The molecule has 0 saturated carbocycles. The van der Waals surface area contributed by atoms with Crippen LogP contribution in [0.15, 0.2) is 47.4 Å². The zero-order chi connectivity index (χ0) is 20.0. The predicted molar refractivity (Wildman–Crippen MR) is 111 cm³/mol. The highest BCUT2D eigenvalue weighted by Crippen LogP contribution is 2.23. The number of anilines is 2. The van der Waals surface area contributed by atoms with Gasteiger partial charge in [-0.15, -0.1) is 0 Å². The summed E-state index contributed by atoms with van der Waals surface area (Å²) in [6.45, 7) is 9.87. The summed E-state index contributed by atoms with van der Waals surface area (Å²) in [5.41, 5.74) is 3.77. The van der Waals surface area contributed by atoms with Crippen molar-refractivity contribution in [1.82, 2.24) is 0 Å². The van der Waals surface area contributed by atoms with Crippen molar-refractivity contribution in [2.75, 3.05) is 29.1 Å². The van der Waals surface area contributed by atoms with Crippen LogP contribution in [0.4, 0.5) is 11.4 Å². The molecule has 2 rings (SSSR count). The Morgan fingerprint density at radius 3 is 2.19 bits per heavy atom. The van der Waals surface area contributed by atoms with E-state index in [-0.39, 0.29) is 23.0 Å². The number of carbonyl (C=O) groups excluding carboxylic acids is 1. The first kappa shape index (κ1) is 21.0. The van der Waals surface area contributed by atoms with E-state index < -0.39 is 9.84 Å². The van der Waals surface area contributed by atoms with E-state index >= 15 is 0 Å². The molecule has 0 unspecified atom stereocenters. The molecule has 0 bridgehead atoms. The summed E-state index contributed by atoms with van der Waals surface area (Å²) < 4.78 is 24.7. The van der Waals surface area contributed by atoms with Gasteiger partial charge in [-0.25, -0.2) is 8.42 Å². The number of hydrogen-bond donors (Lipinski definition) is 1. The maximum Gasteiger partial charge on any atom is 0.225 e. The lowest BCUT2D eigenvalue weighted by Crippen LogP contribution is -2.22. The number of nitrogens with zero attached hydrogens (tertiary/aromatic N) is 1. The molecule has 2 aromatic carbocycles. The average molecular weight is 389 g/mol. The molecule has 0 heterocycles. The predicted octanol–water partition coefficient (Wildman–Crippen LogP) is 3.95. The van der Waals surface area contributed by atoms with Gasteiger partial charge in [0.2, 0.25) is 5.91 Å². The maximum absolute atomic E-state index is 12.4. The van der Waals surface area contributed by atoms with Crippen molar-refractivity contribution in [2.45, 2.75) is 39.0 Å². The molecule has 1 amide bonds. The Labute approximate surface area is 162 Å². The van der Waals surface area contributed by atoms with E-state index in [2.05, 4.69) is 24.1 Å². The Bertz CT molecular complexity index is 886. The minimum Gasteiger partial charge on any atom is -0.372 e. The van der Waals surface area contributed by atoms with Crippen LogP contribution in [-0.2, 0) is 14.6 Å². The molecule has 0 aliphatic rings. The monoisotopic (exact) mass is 388 g/mol. The average Bonchev–Trinajstić information content (AvgIpc) is 2.64. The number of hydrogen-bond acceptors (Lipinski definition) is 4. The van der Waals surface area contributed by atoms with Crippen LogP contribution in [0, 0.1) is 13.8 Å². The molecule has 6 heteroatoms. The molecule has 1 N–H and O–H groups in total. The minimum absolute atomic E-state index is 0.0759. The number of sulfone groups is 1. The quantitative estimate of drug-likeness (QED) is 0.743. The van der Waals surface area contributed by atoms with Crippen LogP contribution in [0.5, 0.6) is 0 Å². The van der Waals surface area contributed by atoms with Gasteiger partial charge in [-0.1, -0.05) is 17.7 Å². The summed E-state index contributed by atoms with van der Waals surface area (Å²) in [4.78, 5) is 14.7. The Kier molecular flexibility index (Phi) is 7.02. The molecule has 0 atom stereocenters. The lowest BCUT2D eigenvalue weighted by molar-refractivity contribution is -0.115. The van der Waals surface area contributed by atoms with Crippen LogP contribution in [0.2, 0.25) is 0 Å². The normalized spacial score (nSPS) is 11.3. The van der Waals surface area contributed by atoms with Gasteiger partial charge < -0.3 is 10.2 Å². The molecule has 0 aliphatic heterocycles. The standard InChI is InChI=1S/C21H28N2O3S/c1-5-23(6-2)18-9-12-20(17(4)15-18)22-21(24)13-14-27(25,26)19-10-7-16(3)8-11-19/h7-12,15H,5-6,13-14H2,1-4H3,(H,22,24). The lowest BCUT2D eigenvalue weighted by Gasteiger charge is -2.22. The number of amides is 1. The van der Waals surface area contributed by atoms with Crippen LogP contribution < -0.4 is 10.2 Å². The second-order valence-electron chi connectivity index (χ2n) is 6.60. The van der Waals surface area contributed by atoms with Crippen molar-refractivity contribution in [3.8, 4) is 0 Å². The second kappa shape index (κ2) is 9.04. The number of nitrogens with one attached hydrogen (secondary N) is 1. The van der Waals surface area contributed by atoms with E-state index in [4.69, 9.17) is 0 Å². The first-order valence-corrected chi connectivity index (χ1v) is 10.9. The van der Waals surface area contributed by atoms with Crippen molar-refractivity contribution in [3.63, 3.8) is 0 Å². The number of rotatable bonds is 8. The zero-order valence-corrected chi connectivity index (χ0v) is 17.3. The van der Waals surface area contributed by atoms with E-state index in [1.165, 1.54) is 0 Å². The maximum atomic E-state index is 12.4. The fourth-order valence-electron chi connectivity index (χ4n) is 2.88. The van der Waals surface area contributed by atoms with Crippen LogP contribution >= 0.6 is 0 Å². The van der Waals surface area contributed by atoms with E-state index in [0.29, 0.717) is 5.69 Å². The molecule has 0 spiro atoms. The summed E-state index contributed by atoms with van der Waals surface area (Å²) in [6, 6.07) is 12.6. The van der Waals surface area contributed by atoms with Crippen LogP contribution in [0.1, 0.15) is 31.4 Å². The number of carbonyl (C=O) groups is 1. The molecular formula is C21H28N2O3S.